The lowest BCUT2D eigenvalue weighted by molar-refractivity contribution is 0.0749. The van der Waals surface area contributed by atoms with Gasteiger partial charge in [-0.05, 0) is 37.1 Å². The third-order valence-corrected chi connectivity index (χ3v) is 5.07. The van der Waals surface area contributed by atoms with Crippen molar-refractivity contribution in [2.45, 2.75) is 26.7 Å². The second-order valence-electron chi connectivity index (χ2n) is 7.12. The number of anilines is 2. The monoisotopic (exact) mass is 384 g/mol. The fraction of sp³-hybridized carbons (Fsp3) is 0.455. The molecule has 0 radical (unpaired) electrons. The lowest BCUT2D eigenvalue weighted by Gasteiger charge is -2.37. The van der Waals surface area contributed by atoms with E-state index in [-0.39, 0.29) is 11.7 Å². The Kier molecular flexibility index (Phi) is 6.85. The van der Waals surface area contributed by atoms with Gasteiger partial charge in [-0.2, -0.15) is 0 Å². The average Bonchev–Trinajstić information content (AvgIpc) is 2.74. The zero-order valence-corrected chi connectivity index (χ0v) is 16.8. The largest absolute Gasteiger partial charge is 0.368 e. The van der Waals surface area contributed by atoms with Crippen LogP contribution in [-0.2, 0) is 0 Å². The van der Waals surface area contributed by atoms with Crippen LogP contribution in [0.3, 0.4) is 0 Å². The van der Waals surface area contributed by atoms with Crippen molar-refractivity contribution in [3.63, 3.8) is 0 Å². The normalized spacial score (nSPS) is 14.2. The van der Waals surface area contributed by atoms with Crippen LogP contribution in [0.1, 0.15) is 37.2 Å². The number of aromatic nitrogens is 1. The van der Waals surface area contributed by atoms with Gasteiger partial charge in [0.1, 0.15) is 11.5 Å². The Balaban J connectivity index is 1.68. The first-order chi connectivity index (χ1) is 13.6. The summed E-state index contributed by atoms with van der Waals surface area (Å²) in [6.45, 7) is 8.69. The number of rotatable bonds is 7. The van der Waals surface area contributed by atoms with Crippen molar-refractivity contribution in [3.8, 4) is 0 Å². The van der Waals surface area contributed by atoms with Crippen LogP contribution >= 0.6 is 0 Å². The van der Waals surface area contributed by atoms with Gasteiger partial charge in [0, 0.05) is 51.2 Å². The number of carbonyl (C=O) groups excluding carboxylic acids is 1. The smallest absolute Gasteiger partial charge is 0.272 e. The van der Waals surface area contributed by atoms with E-state index in [0.717, 1.165) is 57.8 Å². The van der Waals surface area contributed by atoms with Crippen molar-refractivity contribution >= 4 is 17.3 Å². The lowest BCUT2D eigenvalue weighted by atomic mass is 10.2. The number of nitrogens with zero attached hydrogens (tertiary/aromatic N) is 4. The van der Waals surface area contributed by atoms with Crippen LogP contribution in [0.5, 0.6) is 0 Å². The van der Waals surface area contributed by atoms with Crippen LogP contribution < -0.4 is 9.80 Å². The summed E-state index contributed by atoms with van der Waals surface area (Å²) >= 11 is 0. The molecule has 1 aromatic carbocycles. The van der Waals surface area contributed by atoms with E-state index >= 15 is 0 Å². The molecule has 0 aliphatic carbocycles. The molecular formula is C22H29FN4O. The molecule has 1 amide bonds. The highest BCUT2D eigenvalue weighted by Gasteiger charge is 2.21. The number of hydrogen-bond donors (Lipinski definition) is 0. The van der Waals surface area contributed by atoms with Gasteiger partial charge < -0.3 is 14.7 Å². The Bertz CT molecular complexity index is 784. The number of pyridine rings is 1. The molecule has 0 unspecified atom stereocenters. The Morgan fingerprint density at radius 1 is 1.04 bits per heavy atom. The molecule has 2 aromatic rings. The number of piperazine rings is 1. The third kappa shape index (κ3) is 4.61. The summed E-state index contributed by atoms with van der Waals surface area (Å²) in [6, 6.07) is 10.7. The predicted molar refractivity (Wildman–Crippen MR) is 112 cm³/mol. The predicted octanol–water partition coefficient (Wildman–Crippen LogP) is 3.81. The fourth-order valence-electron chi connectivity index (χ4n) is 3.66. The van der Waals surface area contributed by atoms with E-state index in [9.17, 15) is 9.18 Å². The summed E-state index contributed by atoms with van der Waals surface area (Å²) in [6.07, 6.45) is 3.58. The van der Waals surface area contributed by atoms with Gasteiger partial charge in [-0.1, -0.05) is 26.0 Å². The second kappa shape index (κ2) is 9.53. The van der Waals surface area contributed by atoms with E-state index in [2.05, 4.69) is 28.6 Å². The molecule has 1 aliphatic heterocycles. The highest BCUT2D eigenvalue weighted by molar-refractivity contribution is 5.93. The maximum atomic E-state index is 14.0. The Labute approximate surface area is 166 Å². The van der Waals surface area contributed by atoms with Gasteiger partial charge in [0.05, 0.1) is 5.69 Å². The van der Waals surface area contributed by atoms with E-state index in [0.29, 0.717) is 11.4 Å². The number of hydrogen-bond acceptors (Lipinski definition) is 4. The lowest BCUT2D eigenvalue weighted by Crippen LogP contribution is -2.47. The molecule has 28 heavy (non-hydrogen) atoms. The van der Waals surface area contributed by atoms with E-state index in [1.54, 1.807) is 12.3 Å². The van der Waals surface area contributed by atoms with E-state index in [1.165, 1.54) is 6.07 Å². The maximum Gasteiger partial charge on any atom is 0.272 e. The Morgan fingerprint density at radius 2 is 1.68 bits per heavy atom. The van der Waals surface area contributed by atoms with Crippen LogP contribution in [-0.4, -0.2) is 55.1 Å². The topological polar surface area (TPSA) is 39.7 Å². The van der Waals surface area contributed by atoms with Gasteiger partial charge in [0.25, 0.3) is 5.91 Å². The second-order valence-corrected chi connectivity index (χ2v) is 7.12. The maximum absolute atomic E-state index is 14.0. The summed E-state index contributed by atoms with van der Waals surface area (Å²) in [7, 11) is 0. The van der Waals surface area contributed by atoms with Gasteiger partial charge >= 0.3 is 0 Å². The number of benzene rings is 1. The Morgan fingerprint density at radius 3 is 2.32 bits per heavy atom. The van der Waals surface area contributed by atoms with Crippen molar-refractivity contribution in [3.05, 3.63) is 54.1 Å². The van der Waals surface area contributed by atoms with Gasteiger partial charge in [0.15, 0.2) is 0 Å². The number of carbonyl (C=O) groups is 1. The summed E-state index contributed by atoms with van der Waals surface area (Å²) in [4.78, 5) is 23.3. The molecule has 2 heterocycles. The summed E-state index contributed by atoms with van der Waals surface area (Å²) in [5, 5.41) is 0. The van der Waals surface area contributed by atoms with Gasteiger partial charge in [0.2, 0.25) is 0 Å². The fourth-order valence-corrected chi connectivity index (χ4v) is 3.66. The molecule has 0 saturated carbocycles. The quantitative estimate of drug-likeness (QED) is 0.728. The summed E-state index contributed by atoms with van der Waals surface area (Å²) < 4.78 is 14.0. The minimum atomic E-state index is -0.181. The molecule has 150 valence electrons. The van der Waals surface area contributed by atoms with Crippen molar-refractivity contribution in [2.75, 3.05) is 49.1 Å². The molecule has 0 spiro atoms. The first-order valence-corrected chi connectivity index (χ1v) is 10.1. The SMILES string of the molecule is CCCN(CCC)C(=O)c1cc(N2CCN(c3ccccc3F)CC2)ccn1. The minimum Gasteiger partial charge on any atom is -0.368 e. The van der Waals surface area contributed by atoms with Crippen molar-refractivity contribution in [2.24, 2.45) is 0 Å². The zero-order valence-electron chi connectivity index (χ0n) is 16.8. The highest BCUT2D eigenvalue weighted by Crippen LogP contribution is 2.23. The van der Waals surface area contributed by atoms with Gasteiger partial charge in [-0.3, -0.25) is 9.78 Å². The van der Waals surface area contributed by atoms with E-state index in [4.69, 9.17) is 0 Å². The Hall–Kier alpha value is -2.63. The highest BCUT2D eigenvalue weighted by atomic mass is 19.1. The number of halogens is 1. The first-order valence-electron chi connectivity index (χ1n) is 10.1. The number of para-hydroxylation sites is 1. The summed E-state index contributed by atoms with van der Waals surface area (Å²) in [5.41, 5.74) is 2.15. The van der Waals surface area contributed by atoms with Crippen molar-refractivity contribution in [1.82, 2.24) is 9.88 Å². The van der Waals surface area contributed by atoms with Crippen molar-refractivity contribution in [1.29, 1.82) is 0 Å². The molecule has 0 bridgehead atoms. The molecule has 1 aliphatic rings. The molecule has 1 fully saturated rings. The van der Waals surface area contributed by atoms with E-state index in [1.807, 2.05) is 29.2 Å². The van der Waals surface area contributed by atoms with Crippen LogP contribution in [0.4, 0.5) is 15.8 Å². The average molecular weight is 384 g/mol. The minimum absolute atomic E-state index is 0.00413. The third-order valence-electron chi connectivity index (χ3n) is 5.07. The molecule has 1 saturated heterocycles. The van der Waals surface area contributed by atoms with Gasteiger partial charge in [-0.25, -0.2) is 4.39 Å². The number of amides is 1. The molecule has 6 heteroatoms. The molecule has 0 N–H and O–H groups in total. The van der Waals surface area contributed by atoms with Gasteiger partial charge in [-0.15, -0.1) is 0 Å². The molecule has 3 rings (SSSR count). The molecule has 5 nitrogen and oxygen atoms in total. The van der Waals surface area contributed by atoms with Crippen LogP contribution in [0.2, 0.25) is 0 Å². The summed E-state index contributed by atoms with van der Waals surface area (Å²) in [5.74, 6) is -0.185. The van der Waals surface area contributed by atoms with Crippen LogP contribution in [0, 0.1) is 5.82 Å². The van der Waals surface area contributed by atoms with Crippen LogP contribution in [0.25, 0.3) is 0 Å². The van der Waals surface area contributed by atoms with Crippen molar-refractivity contribution < 1.29 is 9.18 Å². The first kappa shape index (κ1) is 20.1. The van der Waals surface area contributed by atoms with Crippen LogP contribution in [0.15, 0.2) is 42.6 Å². The van der Waals surface area contributed by atoms with E-state index < -0.39 is 0 Å². The molecule has 1 aromatic heterocycles. The zero-order chi connectivity index (χ0) is 19.9. The molecule has 0 atom stereocenters. The molecular weight excluding hydrogens is 355 g/mol. The standard InChI is InChI=1S/C22H29FN4O/c1-3-11-27(12-4-2)22(28)20-17-18(9-10-24-20)25-13-15-26(16-14-25)21-8-6-5-7-19(21)23/h5-10,17H,3-4,11-16H2,1-2H3.